The second kappa shape index (κ2) is 8.80. The fourth-order valence-corrected chi connectivity index (χ4v) is 4.29. The van der Waals surface area contributed by atoms with Crippen LogP contribution < -0.4 is 10.1 Å². The van der Waals surface area contributed by atoms with Crippen molar-refractivity contribution in [1.29, 1.82) is 0 Å². The Morgan fingerprint density at radius 2 is 1.82 bits per heavy atom. The molecule has 2 aromatic carbocycles. The minimum Gasteiger partial charge on any atom is -0.497 e. The Morgan fingerprint density at radius 3 is 2.57 bits per heavy atom. The molecule has 0 amide bonds. The maximum absolute atomic E-state index is 10.8. The topological polar surface area (TPSA) is 46.4 Å². The van der Waals surface area contributed by atoms with Gasteiger partial charge in [0.05, 0.1) is 19.8 Å². The molecule has 28 heavy (non-hydrogen) atoms. The summed E-state index contributed by atoms with van der Waals surface area (Å²) in [6.07, 6.45) is 6.00. The predicted molar refractivity (Wildman–Crippen MR) is 115 cm³/mol. The first-order chi connectivity index (χ1) is 13.7. The zero-order chi connectivity index (χ0) is 19.3. The van der Waals surface area contributed by atoms with E-state index >= 15 is 0 Å². The molecule has 1 heterocycles. The summed E-state index contributed by atoms with van der Waals surface area (Å²) in [4.78, 5) is 0. The lowest BCUT2D eigenvalue weighted by Crippen LogP contribution is -2.38. The van der Waals surface area contributed by atoms with Gasteiger partial charge in [-0.15, -0.1) is 0 Å². The molecule has 0 aliphatic heterocycles. The van der Waals surface area contributed by atoms with Crippen molar-refractivity contribution in [2.24, 2.45) is 0 Å². The molecule has 0 unspecified atom stereocenters. The van der Waals surface area contributed by atoms with Crippen molar-refractivity contribution in [2.45, 2.75) is 50.8 Å². The van der Waals surface area contributed by atoms with Gasteiger partial charge in [0.1, 0.15) is 5.75 Å². The molecule has 0 radical (unpaired) electrons. The molecule has 1 aromatic heterocycles. The summed E-state index contributed by atoms with van der Waals surface area (Å²) in [7, 11) is 1.68. The highest BCUT2D eigenvalue weighted by Crippen LogP contribution is 2.30. The summed E-state index contributed by atoms with van der Waals surface area (Å²) >= 11 is 0. The van der Waals surface area contributed by atoms with E-state index in [4.69, 9.17) is 4.74 Å². The number of para-hydroxylation sites is 1. The number of aliphatic hydroxyl groups excluding tert-OH is 1. The number of hydrogen-bond donors (Lipinski definition) is 2. The summed E-state index contributed by atoms with van der Waals surface area (Å²) in [6, 6.07) is 19.3. The third-order valence-corrected chi connectivity index (χ3v) is 5.84. The number of ether oxygens (including phenoxy) is 1. The number of aromatic nitrogens is 1. The SMILES string of the molecule is COc1ccc(-c2cc3ccccc3n2C[C@H](O)CNC2CCCCC2)cc1. The molecule has 0 bridgehead atoms. The first-order valence-corrected chi connectivity index (χ1v) is 10.4. The van der Waals surface area contributed by atoms with E-state index < -0.39 is 6.10 Å². The van der Waals surface area contributed by atoms with Crippen molar-refractivity contribution in [1.82, 2.24) is 9.88 Å². The Morgan fingerprint density at radius 1 is 1.07 bits per heavy atom. The third kappa shape index (κ3) is 4.23. The Labute approximate surface area is 167 Å². The molecule has 2 N–H and O–H groups in total. The molecule has 4 heteroatoms. The van der Waals surface area contributed by atoms with Gasteiger partial charge >= 0.3 is 0 Å². The molecule has 3 aromatic rings. The lowest BCUT2D eigenvalue weighted by Gasteiger charge is -2.25. The summed E-state index contributed by atoms with van der Waals surface area (Å²) in [5.74, 6) is 0.850. The van der Waals surface area contributed by atoms with E-state index in [1.807, 2.05) is 12.1 Å². The molecular weight excluding hydrogens is 348 g/mol. The van der Waals surface area contributed by atoms with Crippen LogP contribution in [-0.4, -0.2) is 35.5 Å². The smallest absolute Gasteiger partial charge is 0.118 e. The van der Waals surface area contributed by atoms with Crippen LogP contribution in [0.1, 0.15) is 32.1 Å². The molecule has 1 aliphatic carbocycles. The first-order valence-electron chi connectivity index (χ1n) is 10.4. The van der Waals surface area contributed by atoms with Gasteiger partial charge in [-0.05, 0) is 54.8 Å². The number of benzene rings is 2. The Bertz CT molecular complexity index is 895. The van der Waals surface area contributed by atoms with E-state index in [2.05, 4.69) is 52.3 Å². The van der Waals surface area contributed by atoms with Gasteiger partial charge in [-0.2, -0.15) is 0 Å². The molecule has 0 saturated heterocycles. The van der Waals surface area contributed by atoms with Crippen LogP contribution in [0.4, 0.5) is 0 Å². The number of methoxy groups -OCH3 is 1. The largest absolute Gasteiger partial charge is 0.497 e. The molecule has 1 aliphatic rings. The number of hydrogen-bond acceptors (Lipinski definition) is 3. The van der Waals surface area contributed by atoms with Crippen molar-refractivity contribution in [2.75, 3.05) is 13.7 Å². The molecule has 4 rings (SSSR count). The van der Waals surface area contributed by atoms with Gasteiger partial charge in [-0.25, -0.2) is 0 Å². The highest BCUT2D eigenvalue weighted by molar-refractivity contribution is 5.87. The number of nitrogens with zero attached hydrogens (tertiary/aromatic N) is 1. The number of fused-ring (bicyclic) bond motifs is 1. The average molecular weight is 379 g/mol. The van der Waals surface area contributed by atoms with Gasteiger partial charge in [0.25, 0.3) is 0 Å². The summed E-state index contributed by atoms with van der Waals surface area (Å²) in [5.41, 5.74) is 3.41. The Balaban J connectivity index is 1.55. The van der Waals surface area contributed by atoms with E-state index in [-0.39, 0.29) is 0 Å². The van der Waals surface area contributed by atoms with Crippen LogP contribution >= 0.6 is 0 Å². The summed E-state index contributed by atoms with van der Waals surface area (Å²) in [5, 5.41) is 15.5. The van der Waals surface area contributed by atoms with E-state index in [0.717, 1.165) is 22.5 Å². The summed E-state index contributed by atoms with van der Waals surface area (Å²) < 4.78 is 7.53. The second-order valence-electron chi connectivity index (χ2n) is 7.82. The van der Waals surface area contributed by atoms with E-state index in [1.54, 1.807) is 7.11 Å². The van der Waals surface area contributed by atoms with Gasteiger partial charge in [-0.3, -0.25) is 0 Å². The highest BCUT2D eigenvalue weighted by atomic mass is 16.5. The fourth-order valence-electron chi connectivity index (χ4n) is 4.29. The zero-order valence-corrected chi connectivity index (χ0v) is 16.6. The summed E-state index contributed by atoms with van der Waals surface area (Å²) in [6.45, 7) is 1.22. The zero-order valence-electron chi connectivity index (χ0n) is 16.6. The molecule has 1 saturated carbocycles. The minimum atomic E-state index is -0.422. The van der Waals surface area contributed by atoms with Crippen LogP contribution in [-0.2, 0) is 6.54 Å². The number of rotatable bonds is 7. The third-order valence-electron chi connectivity index (χ3n) is 5.84. The van der Waals surface area contributed by atoms with Crippen molar-refractivity contribution in [3.8, 4) is 17.0 Å². The second-order valence-corrected chi connectivity index (χ2v) is 7.82. The quantitative estimate of drug-likeness (QED) is 0.632. The molecule has 0 spiro atoms. The van der Waals surface area contributed by atoms with Gasteiger partial charge < -0.3 is 19.7 Å². The normalized spacial score (nSPS) is 16.4. The maximum Gasteiger partial charge on any atom is 0.118 e. The van der Waals surface area contributed by atoms with E-state index in [1.165, 1.54) is 37.5 Å². The first kappa shape index (κ1) is 19.0. The number of aliphatic hydroxyl groups is 1. The van der Waals surface area contributed by atoms with Crippen LogP contribution in [0.5, 0.6) is 5.75 Å². The maximum atomic E-state index is 10.8. The highest BCUT2D eigenvalue weighted by Gasteiger charge is 2.17. The fraction of sp³-hybridized carbons (Fsp3) is 0.417. The van der Waals surface area contributed by atoms with Crippen LogP contribution in [0.25, 0.3) is 22.2 Å². The minimum absolute atomic E-state index is 0.422. The Hall–Kier alpha value is -2.30. The van der Waals surface area contributed by atoms with Crippen LogP contribution in [0.2, 0.25) is 0 Å². The molecule has 1 atom stereocenters. The standard InChI is InChI=1S/C24H30N2O2/c1-28-22-13-11-18(12-14-22)24-15-19-7-5-6-10-23(19)26(24)17-21(27)16-25-20-8-3-2-4-9-20/h5-7,10-15,20-21,25,27H,2-4,8-9,16-17H2,1H3/t21-/m1/s1. The van der Waals surface area contributed by atoms with Crippen LogP contribution in [0, 0.1) is 0 Å². The molecule has 4 nitrogen and oxygen atoms in total. The average Bonchev–Trinajstić information content (AvgIpc) is 3.11. The van der Waals surface area contributed by atoms with Gasteiger partial charge in [0, 0.05) is 29.2 Å². The van der Waals surface area contributed by atoms with Gasteiger partial charge in [-0.1, -0.05) is 37.5 Å². The predicted octanol–water partition coefficient (Wildman–Crippen LogP) is 4.60. The van der Waals surface area contributed by atoms with Crippen molar-refractivity contribution >= 4 is 10.9 Å². The monoisotopic (exact) mass is 378 g/mol. The van der Waals surface area contributed by atoms with Gasteiger partial charge in [0.15, 0.2) is 0 Å². The number of nitrogens with one attached hydrogen (secondary N) is 1. The van der Waals surface area contributed by atoms with Crippen LogP contribution in [0.15, 0.2) is 54.6 Å². The molecular formula is C24H30N2O2. The lowest BCUT2D eigenvalue weighted by atomic mass is 9.95. The van der Waals surface area contributed by atoms with E-state index in [0.29, 0.717) is 19.1 Å². The van der Waals surface area contributed by atoms with Crippen molar-refractivity contribution < 1.29 is 9.84 Å². The lowest BCUT2D eigenvalue weighted by molar-refractivity contribution is 0.146. The van der Waals surface area contributed by atoms with Crippen LogP contribution in [0.3, 0.4) is 0 Å². The Kier molecular flexibility index (Phi) is 5.98. The van der Waals surface area contributed by atoms with Gasteiger partial charge in [0.2, 0.25) is 0 Å². The molecule has 148 valence electrons. The molecule has 1 fully saturated rings. The van der Waals surface area contributed by atoms with E-state index in [9.17, 15) is 5.11 Å². The van der Waals surface area contributed by atoms with Crippen molar-refractivity contribution in [3.63, 3.8) is 0 Å². The van der Waals surface area contributed by atoms with Crippen molar-refractivity contribution in [3.05, 3.63) is 54.6 Å².